The van der Waals surface area contributed by atoms with Crippen LogP contribution in [0.3, 0.4) is 0 Å². The Morgan fingerprint density at radius 2 is 1.97 bits per heavy atom. The zero-order valence-electron chi connectivity index (χ0n) is 19.9. The molecule has 184 valence electrons. The van der Waals surface area contributed by atoms with Gasteiger partial charge in [0.25, 0.3) is 5.91 Å². The highest BCUT2D eigenvalue weighted by Gasteiger charge is 2.13. The van der Waals surface area contributed by atoms with Crippen molar-refractivity contribution in [2.75, 3.05) is 44.7 Å². The van der Waals surface area contributed by atoms with Crippen molar-refractivity contribution in [1.29, 1.82) is 0 Å². The SMILES string of the molecule is O=C(NCCN1CCOCC1)c1cccc2cc(Oc3ccnc(NCc4cccnc4)n3)ccc12. The molecule has 0 aliphatic carbocycles. The third-order valence-electron chi connectivity index (χ3n) is 5.94. The molecule has 9 nitrogen and oxygen atoms in total. The number of aromatic nitrogens is 3. The van der Waals surface area contributed by atoms with Crippen molar-refractivity contribution in [3.05, 3.63) is 84.3 Å². The lowest BCUT2D eigenvalue weighted by Crippen LogP contribution is -2.41. The van der Waals surface area contributed by atoms with Crippen LogP contribution in [0, 0.1) is 0 Å². The van der Waals surface area contributed by atoms with Crippen molar-refractivity contribution in [3.8, 4) is 11.6 Å². The van der Waals surface area contributed by atoms with Gasteiger partial charge in [-0.1, -0.05) is 18.2 Å². The molecular weight excluding hydrogens is 456 g/mol. The third-order valence-corrected chi connectivity index (χ3v) is 5.94. The van der Waals surface area contributed by atoms with E-state index in [1.165, 1.54) is 0 Å². The van der Waals surface area contributed by atoms with Gasteiger partial charge in [-0.2, -0.15) is 4.98 Å². The van der Waals surface area contributed by atoms with Crippen LogP contribution in [0.25, 0.3) is 10.8 Å². The fourth-order valence-electron chi connectivity index (χ4n) is 4.06. The number of morpholine rings is 1. The maximum absolute atomic E-state index is 12.9. The average molecular weight is 485 g/mol. The summed E-state index contributed by atoms with van der Waals surface area (Å²) in [5.74, 6) is 1.44. The lowest BCUT2D eigenvalue weighted by Gasteiger charge is -2.26. The quantitative estimate of drug-likeness (QED) is 0.372. The molecule has 0 spiro atoms. The summed E-state index contributed by atoms with van der Waals surface area (Å²) in [7, 11) is 0. The molecule has 3 heterocycles. The normalized spacial score (nSPS) is 13.9. The van der Waals surface area contributed by atoms with E-state index < -0.39 is 0 Å². The molecule has 1 amide bonds. The summed E-state index contributed by atoms with van der Waals surface area (Å²) >= 11 is 0. The minimum atomic E-state index is -0.0809. The van der Waals surface area contributed by atoms with Gasteiger partial charge in [0, 0.05) is 62.9 Å². The Labute approximate surface area is 209 Å². The molecule has 9 heteroatoms. The summed E-state index contributed by atoms with van der Waals surface area (Å²) in [4.78, 5) is 28.0. The van der Waals surface area contributed by atoms with E-state index in [0.717, 1.165) is 49.2 Å². The second-order valence-corrected chi connectivity index (χ2v) is 8.43. The lowest BCUT2D eigenvalue weighted by atomic mass is 10.0. The number of pyridine rings is 1. The van der Waals surface area contributed by atoms with Gasteiger partial charge in [0.2, 0.25) is 11.8 Å². The standard InChI is InChI=1S/C27H28N6O3/c34-26(29-11-12-33-13-15-35-16-14-33)24-5-1-4-21-17-22(6-7-23(21)24)36-25-8-10-30-27(32-25)31-19-20-3-2-9-28-18-20/h1-10,17-18H,11-16,19H2,(H,29,34)(H,30,31,32). The Balaban J connectivity index is 1.22. The summed E-state index contributed by atoms with van der Waals surface area (Å²) in [6.45, 7) is 5.28. The zero-order valence-corrected chi connectivity index (χ0v) is 19.9. The molecule has 2 N–H and O–H groups in total. The molecule has 1 aliphatic heterocycles. The first-order chi connectivity index (χ1) is 17.7. The number of nitrogens with one attached hydrogen (secondary N) is 2. The number of carbonyl (C=O) groups is 1. The van der Waals surface area contributed by atoms with E-state index in [1.807, 2.05) is 48.5 Å². The van der Waals surface area contributed by atoms with Crippen LogP contribution >= 0.6 is 0 Å². The van der Waals surface area contributed by atoms with Gasteiger partial charge in [-0.05, 0) is 46.7 Å². The van der Waals surface area contributed by atoms with Crippen molar-refractivity contribution >= 4 is 22.6 Å². The maximum Gasteiger partial charge on any atom is 0.251 e. The molecule has 0 unspecified atom stereocenters. The van der Waals surface area contributed by atoms with E-state index in [1.54, 1.807) is 24.7 Å². The van der Waals surface area contributed by atoms with Crippen molar-refractivity contribution < 1.29 is 14.3 Å². The van der Waals surface area contributed by atoms with Gasteiger partial charge in [-0.3, -0.25) is 14.7 Å². The number of rotatable bonds is 9. The van der Waals surface area contributed by atoms with Gasteiger partial charge in [0.05, 0.1) is 13.2 Å². The summed E-state index contributed by atoms with van der Waals surface area (Å²) < 4.78 is 11.4. The van der Waals surface area contributed by atoms with Crippen LogP contribution in [-0.4, -0.2) is 65.2 Å². The smallest absolute Gasteiger partial charge is 0.251 e. The summed E-state index contributed by atoms with van der Waals surface area (Å²) in [5, 5.41) is 8.01. The van der Waals surface area contributed by atoms with Crippen molar-refractivity contribution in [3.63, 3.8) is 0 Å². The van der Waals surface area contributed by atoms with Crippen LogP contribution < -0.4 is 15.4 Å². The number of anilines is 1. The third kappa shape index (κ3) is 6.12. The highest BCUT2D eigenvalue weighted by atomic mass is 16.5. The predicted molar refractivity (Wildman–Crippen MR) is 137 cm³/mol. The molecule has 1 saturated heterocycles. The monoisotopic (exact) mass is 484 g/mol. The van der Waals surface area contributed by atoms with Gasteiger partial charge in [0.15, 0.2) is 0 Å². The Morgan fingerprint density at radius 3 is 2.83 bits per heavy atom. The van der Waals surface area contributed by atoms with Gasteiger partial charge in [-0.25, -0.2) is 4.98 Å². The summed E-state index contributed by atoms with van der Waals surface area (Å²) in [5.41, 5.74) is 1.67. The number of benzene rings is 2. The second-order valence-electron chi connectivity index (χ2n) is 8.43. The summed E-state index contributed by atoms with van der Waals surface area (Å²) in [6, 6.07) is 16.9. The van der Waals surface area contributed by atoms with Crippen molar-refractivity contribution in [2.45, 2.75) is 6.54 Å². The number of carbonyl (C=O) groups excluding carboxylic acids is 1. The topological polar surface area (TPSA) is 102 Å². The van der Waals surface area contributed by atoms with Crippen LogP contribution in [0.5, 0.6) is 11.6 Å². The van der Waals surface area contributed by atoms with Crippen LogP contribution in [0.4, 0.5) is 5.95 Å². The molecule has 2 aromatic heterocycles. The maximum atomic E-state index is 12.9. The fraction of sp³-hybridized carbons (Fsp3) is 0.259. The van der Waals surface area contributed by atoms with E-state index in [2.05, 4.69) is 30.5 Å². The molecule has 1 fully saturated rings. The van der Waals surface area contributed by atoms with Gasteiger partial charge in [-0.15, -0.1) is 0 Å². The van der Waals surface area contributed by atoms with Crippen LogP contribution in [0.2, 0.25) is 0 Å². The number of hydrogen-bond donors (Lipinski definition) is 2. The molecule has 0 radical (unpaired) electrons. The molecule has 36 heavy (non-hydrogen) atoms. The van der Waals surface area contributed by atoms with Crippen molar-refractivity contribution in [1.82, 2.24) is 25.2 Å². The Hall–Kier alpha value is -4.08. The van der Waals surface area contributed by atoms with Gasteiger partial charge < -0.3 is 20.1 Å². The number of nitrogens with zero attached hydrogens (tertiary/aromatic N) is 4. The molecule has 0 atom stereocenters. The second kappa shape index (κ2) is 11.6. The molecule has 0 saturated carbocycles. The molecule has 5 rings (SSSR count). The number of fused-ring (bicyclic) bond motifs is 1. The Morgan fingerprint density at radius 1 is 1.06 bits per heavy atom. The van der Waals surface area contributed by atoms with E-state index in [4.69, 9.17) is 9.47 Å². The van der Waals surface area contributed by atoms with Crippen molar-refractivity contribution in [2.24, 2.45) is 0 Å². The number of ether oxygens (including phenoxy) is 2. The molecule has 1 aliphatic rings. The number of hydrogen-bond acceptors (Lipinski definition) is 8. The molecule has 0 bridgehead atoms. The van der Waals surface area contributed by atoms with Crippen LogP contribution in [0.15, 0.2) is 73.2 Å². The first-order valence-electron chi connectivity index (χ1n) is 12.0. The highest BCUT2D eigenvalue weighted by Crippen LogP contribution is 2.27. The molecular formula is C27H28N6O3. The predicted octanol–water partition coefficient (Wildman–Crippen LogP) is 3.49. The zero-order chi connectivity index (χ0) is 24.6. The van der Waals surface area contributed by atoms with E-state index in [-0.39, 0.29) is 5.91 Å². The van der Waals surface area contributed by atoms with Gasteiger partial charge in [0.1, 0.15) is 5.75 Å². The van der Waals surface area contributed by atoms with E-state index >= 15 is 0 Å². The van der Waals surface area contributed by atoms with Crippen LogP contribution in [0.1, 0.15) is 15.9 Å². The lowest BCUT2D eigenvalue weighted by molar-refractivity contribution is 0.0383. The minimum Gasteiger partial charge on any atom is -0.439 e. The summed E-state index contributed by atoms with van der Waals surface area (Å²) in [6.07, 6.45) is 5.18. The van der Waals surface area contributed by atoms with E-state index in [9.17, 15) is 4.79 Å². The fourth-order valence-corrected chi connectivity index (χ4v) is 4.06. The number of amides is 1. The minimum absolute atomic E-state index is 0.0809. The highest BCUT2D eigenvalue weighted by molar-refractivity contribution is 6.07. The average Bonchev–Trinajstić information content (AvgIpc) is 2.93. The van der Waals surface area contributed by atoms with Crippen LogP contribution in [-0.2, 0) is 11.3 Å². The Kier molecular flexibility index (Phi) is 7.60. The first kappa shape index (κ1) is 23.7. The van der Waals surface area contributed by atoms with E-state index in [0.29, 0.717) is 36.2 Å². The molecule has 2 aromatic carbocycles. The first-order valence-corrected chi connectivity index (χ1v) is 12.0. The molecule has 4 aromatic rings. The Bertz CT molecular complexity index is 1310. The van der Waals surface area contributed by atoms with Gasteiger partial charge >= 0.3 is 0 Å². The largest absolute Gasteiger partial charge is 0.439 e.